The number of rotatable bonds is 4. The largest absolute Gasteiger partial charge is 0.497 e. The topological polar surface area (TPSA) is 65.6 Å². The summed E-state index contributed by atoms with van der Waals surface area (Å²) in [6.45, 7) is 3.10. The Labute approximate surface area is 175 Å². The number of aromatic amines is 1. The highest BCUT2D eigenvalue weighted by atomic mass is 16.5. The molecule has 3 aromatic rings. The van der Waals surface area contributed by atoms with Gasteiger partial charge in [-0.25, -0.2) is 0 Å². The molecule has 0 spiro atoms. The second kappa shape index (κ2) is 6.90. The Morgan fingerprint density at radius 2 is 1.93 bits per heavy atom. The number of aromatic nitrogens is 1. The third-order valence-electron chi connectivity index (χ3n) is 6.57. The second-order valence-corrected chi connectivity index (χ2v) is 8.22. The van der Waals surface area contributed by atoms with E-state index in [0.717, 1.165) is 46.3 Å². The van der Waals surface area contributed by atoms with Crippen molar-refractivity contribution in [3.8, 4) is 5.75 Å². The fourth-order valence-corrected chi connectivity index (χ4v) is 4.93. The predicted octanol–water partition coefficient (Wildman–Crippen LogP) is 2.86. The van der Waals surface area contributed by atoms with E-state index in [4.69, 9.17) is 4.74 Å². The summed E-state index contributed by atoms with van der Waals surface area (Å²) in [6.07, 6.45) is 1.45. The van der Waals surface area contributed by atoms with E-state index in [2.05, 4.69) is 4.98 Å². The lowest BCUT2D eigenvalue weighted by Crippen LogP contribution is -2.67. The first-order valence-electron chi connectivity index (χ1n) is 10.3. The molecule has 1 N–H and O–H groups in total. The lowest BCUT2D eigenvalue weighted by Gasteiger charge is -2.49. The zero-order chi connectivity index (χ0) is 20.9. The average molecular weight is 403 g/mol. The van der Waals surface area contributed by atoms with Gasteiger partial charge in [-0.3, -0.25) is 9.59 Å². The van der Waals surface area contributed by atoms with Gasteiger partial charge in [-0.15, -0.1) is 0 Å². The van der Waals surface area contributed by atoms with Crippen LogP contribution in [0.4, 0.5) is 0 Å². The molecule has 1 saturated heterocycles. The van der Waals surface area contributed by atoms with Crippen molar-refractivity contribution in [2.75, 3.05) is 26.7 Å². The number of ether oxygens (including phenoxy) is 1. The highest BCUT2D eigenvalue weighted by Crippen LogP contribution is 2.42. The van der Waals surface area contributed by atoms with Crippen LogP contribution in [-0.2, 0) is 28.0 Å². The van der Waals surface area contributed by atoms with Crippen molar-refractivity contribution in [2.24, 2.45) is 0 Å². The fraction of sp³-hybridized carbons (Fsp3) is 0.333. The Balaban J connectivity index is 1.53. The van der Waals surface area contributed by atoms with Gasteiger partial charge in [0.05, 0.1) is 19.3 Å². The summed E-state index contributed by atoms with van der Waals surface area (Å²) in [5.41, 5.74) is 3.05. The molecule has 1 fully saturated rings. The first kappa shape index (κ1) is 18.7. The number of piperazine rings is 1. The van der Waals surface area contributed by atoms with Crippen molar-refractivity contribution in [3.63, 3.8) is 0 Å². The molecule has 0 bridgehead atoms. The highest BCUT2D eigenvalue weighted by Gasteiger charge is 2.53. The molecular formula is C24H25N3O3. The standard InChI is InChI=1S/C24H25N3O3/c1-24-22-18(19-14-17(30-2)8-9-20(19)25-22)11-13-27(24)21(28)15-26(23(24)29)12-10-16-6-4-3-5-7-16/h3-9,14,25H,10-13,15H2,1-2H3. The van der Waals surface area contributed by atoms with Gasteiger partial charge in [-0.2, -0.15) is 0 Å². The highest BCUT2D eigenvalue weighted by molar-refractivity contribution is 6.00. The summed E-state index contributed by atoms with van der Waals surface area (Å²) in [5, 5.41) is 1.06. The molecule has 1 aromatic heterocycles. The van der Waals surface area contributed by atoms with E-state index >= 15 is 0 Å². The van der Waals surface area contributed by atoms with Gasteiger partial charge in [0.25, 0.3) is 5.91 Å². The molecule has 30 heavy (non-hydrogen) atoms. The van der Waals surface area contributed by atoms with Crippen LogP contribution in [0.25, 0.3) is 10.9 Å². The molecule has 3 heterocycles. The monoisotopic (exact) mass is 403 g/mol. The maximum absolute atomic E-state index is 13.7. The molecular weight excluding hydrogens is 378 g/mol. The third kappa shape index (κ3) is 2.70. The Morgan fingerprint density at radius 1 is 1.13 bits per heavy atom. The molecule has 0 aliphatic carbocycles. The molecule has 1 unspecified atom stereocenters. The summed E-state index contributed by atoms with van der Waals surface area (Å²) in [5.74, 6) is 0.775. The lowest BCUT2D eigenvalue weighted by molar-refractivity contribution is -0.165. The average Bonchev–Trinajstić information content (AvgIpc) is 3.15. The van der Waals surface area contributed by atoms with E-state index in [1.54, 1.807) is 16.9 Å². The van der Waals surface area contributed by atoms with E-state index in [9.17, 15) is 9.59 Å². The zero-order valence-electron chi connectivity index (χ0n) is 17.3. The Morgan fingerprint density at radius 3 is 2.70 bits per heavy atom. The first-order chi connectivity index (χ1) is 14.5. The van der Waals surface area contributed by atoms with Crippen LogP contribution in [0.3, 0.4) is 0 Å². The molecule has 2 aliphatic rings. The number of carbonyl (C=O) groups excluding carboxylic acids is 2. The predicted molar refractivity (Wildman–Crippen MR) is 114 cm³/mol. The summed E-state index contributed by atoms with van der Waals surface area (Å²) in [4.78, 5) is 33.6. The number of carbonyl (C=O) groups is 2. The minimum atomic E-state index is -1.01. The third-order valence-corrected chi connectivity index (χ3v) is 6.57. The number of nitrogens with one attached hydrogen (secondary N) is 1. The number of methoxy groups -OCH3 is 1. The van der Waals surface area contributed by atoms with Gasteiger partial charge in [0, 0.05) is 24.0 Å². The maximum Gasteiger partial charge on any atom is 0.254 e. The van der Waals surface area contributed by atoms with Gasteiger partial charge >= 0.3 is 0 Å². The van der Waals surface area contributed by atoms with Crippen LogP contribution in [0.15, 0.2) is 48.5 Å². The van der Waals surface area contributed by atoms with Crippen LogP contribution >= 0.6 is 0 Å². The van der Waals surface area contributed by atoms with Gasteiger partial charge in [-0.05, 0) is 49.1 Å². The van der Waals surface area contributed by atoms with Crippen molar-refractivity contribution in [1.29, 1.82) is 0 Å². The summed E-state index contributed by atoms with van der Waals surface area (Å²) in [6, 6.07) is 16.0. The molecule has 5 rings (SSSR count). The van der Waals surface area contributed by atoms with Gasteiger partial charge in [-0.1, -0.05) is 30.3 Å². The summed E-state index contributed by atoms with van der Waals surface area (Å²) >= 11 is 0. The fourth-order valence-electron chi connectivity index (χ4n) is 4.93. The Bertz CT molecular complexity index is 1140. The van der Waals surface area contributed by atoms with Crippen molar-refractivity contribution < 1.29 is 14.3 Å². The zero-order valence-corrected chi connectivity index (χ0v) is 17.3. The Kier molecular flexibility index (Phi) is 4.31. The Hall–Kier alpha value is -3.28. The van der Waals surface area contributed by atoms with Crippen LogP contribution in [0.2, 0.25) is 0 Å². The van der Waals surface area contributed by atoms with Crippen LogP contribution in [0.1, 0.15) is 23.7 Å². The van der Waals surface area contributed by atoms with Gasteiger partial charge in [0.2, 0.25) is 5.91 Å². The number of hydrogen-bond donors (Lipinski definition) is 1. The molecule has 2 aromatic carbocycles. The molecule has 154 valence electrons. The second-order valence-electron chi connectivity index (χ2n) is 8.22. The first-order valence-corrected chi connectivity index (χ1v) is 10.3. The number of nitrogens with zero attached hydrogens (tertiary/aromatic N) is 2. The van der Waals surface area contributed by atoms with Crippen LogP contribution in [-0.4, -0.2) is 53.3 Å². The van der Waals surface area contributed by atoms with Crippen LogP contribution < -0.4 is 4.74 Å². The van der Waals surface area contributed by atoms with Crippen LogP contribution in [0, 0.1) is 0 Å². The SMILES string of the molecule is COc1ccc2[nH]c3c(c2c1)CCN1C(=O)CN(CCc2ccccc2)C(=O)C31C. The smallest absolute Gasteiger partial charge is 0.254 e. The van der Waals surface area contributed by atoms with E-state index in [1.165, 1.54) is 0 Å². The summed E-state index contributed by atoms with van der Waals surface area (Å²) in [7, 11) is 1.65. The number of fused-ring (bicyclic) bond motifs is 5. The minimum Gasteiger partial charge on any atom is -0.497 e. The van der Waals surface area contributed by atoms with E-state index in [-0.39, 0.29) is 18.4 Å². The molecule has 2 aliphatic heterocycles. The molecule has 6 nitrogen and oxygen atoms in total. The molecule has 2 amide bonds. The van der Waals surface area contributed by atoms with Crippen molar-refractivity contribution in [1.82, 2.24) is 14.8 Å². The molecule has 6 heteroatoms. The quantitative estimate of drug-likeness (QED) is 0.729. The van der Waals surface area contributed by atoms with Crippen molar-refractivity contribution in [2.45, 2.75) is 25.3 Å². The summed E-state index contributed by atoms with van der Waals surface area (Å²) < 4.78 is 5.39. The minimum absolute atomic E-state index is 0.00653. The van der Waals surface area contributed by atoms with Gasteiger partial charge in [0.1, 0.15) is 5.75 Å². The van der Waals surface area contributed by atoms with Gasteiger partial charge < -0.3 is 19.5 Å². The number of benzene rings is 2. The van der Waals surface area contributed by atoms with Crippen molar-refractivity contribution >= 4 is 22.7 Å². The van der Waals surface area contributed by atoms with E-state index in [0.29, 0.717) is 13.1 Å². The molecule has 1 atom stereocenters. The van der Waals surface area contributed by atoms with E-state index < -0.39 is 5.54 Å². The molecule has 0 radical (unpaired) electrons. The number of H-pyrrole nitrogens is 1. The number of amides is 2. The lowest BCUT2D eigenvalue weighted by atomic mass is 9.83. The van der Waals surface area contributed by atoms with E-state index in [1.807, 2.05) is 55.5 Å². The van der Waals surface area contributed by atoms with Gasteiger partial charge in [0.15, 0.2) is 5.54 Å². The maximum atomic E-state index is 13.7. The normalized spacial score (nSPS) is 21.0. The van der Waals surface area contributed by atoms with Crippen LogP contribution in [0.5, 0.6) is 5.75 Å². The van der Waals surface area contributed by atoms with Crippen molar-refractivity contribution in [3.05, 3.63) is 65.4 Å². The number of hydrogen-bond acceptors (Lipinski definition) is 3. The molecule has 0 saturated carbocycles.